The van der Waals surface area contributed by atoms with E-state index in [0.29, 0.717) is 23.3 Å². The van der Waals surface area contributed by atoms with Gasteiger partial charge in [-0.25, -0.2) is 4.99 Å². The Hall–Kier alpha value is -1.75. The number of thiophene rings is 1. The van der Waals surface area contributed by atoms with Crippen molar-refractivity contribution < 1.29 is 14.5 Å². The third-order valence-corrected chi connectivity index (χ3v) is 9.51. The molecule has 5 N–H and O–H groups in total. The van der Waals surface area contributed by atoms with Crippen LogP contribution in [0.2, 0.25) is 0 Å². The molecule has 0 fully saturated rings. The summed E-state index contributed by atoms with van der Waals surface area (Å²) in [5.74, 6) is 2.27. The average molecular weight is 527 g/mol. The second-order valence-electron chi connectivity index (χ2n) is 8.60. The Morgan fingerprint density at radius 2 is 2.00 bits per heavy atom. The maximum atomic E-state index is 11.1. The highest BCUT2D eigenvalue weighted by atomic mass is 32.2. The molecule has 34 heavy (non-hydrogen) atoms. The standard InChI is InChI=1S/C24H39N5O2S3/c1-9-29(10-2)34(11-3)24-21(30)20(16(8)33-24)27-23(28-32)22(25)26-19(15(6)7)18-12-17(13-31-18)14(4)5/h11-15,19,30,32H,9-10H2,1-8H3,(H2,25,26)(H,27,28)/p+1/t19-,34?/m1/s1. The first-order valence-electron chi connectivity index (χ1n) is 11.7. The zero-order valence-corrected chi connectivity index (χ0v) is 24.0. The Kier molecular flexibility index (Phi) is 10.7. The Bertz CT molecular complexity index is 1050. The van der Waals surface area contributed by atoms with Crippen LogP contribution in [0.5, 0.6) is 5.75 Å². The summed E-state index contributed by atoms with van der Waals surface area (Å²) in [6.45, 7) is 18.5. The molecule has 0 saturated carbocycles. The predicted molar refractivity (Wildman–Crippen MR) is 151 cm³/mol. The summed E-state index contributed by atoms with van der Waals surface area (Å²) in [7, 11) is -0.301. The largest absolute Gasteiger partial charge is 0.504 e. The van der Waals surface area contributed by atoms with Crippen molar-refractivity contribution in [3.05, 3.63) is 28.5 Å². The van der Waals surface area contributed by atoms with Gasteiger partial charge in [-0.3, -0.25) is 15.0 Å². The van der Waals surface area contributed by atoms with Crippen molar-refractivity contribution in [2.45, 2.75) is 71.6 Å². The number of aryl methyl sites for hydroxylation is 1. The van der Waals surface area contributed by atoms with E-state index < -0.39 is 0 Å². The summed E-state index contributed by atoms with van der Waals surface area (Å²) in [4.78, 5) is 8.93. The number of thiol groups is 1. The number of hydrogen-bond donors (Lipinski definition) is 5. The van der Waals surface area contributed by atoms with E-state index in [4.69, 9.17) is 10.2 Å². The summed E-state index contributed by atoms with van der Waals surface area (Å²) in [6.07, 6.45) is 1.80. The highest BCUT2D eigenvalue weighted by Crippen LogP contribution is 2.50. The van der Waals surface area contributed by atoms with Gasteiger partial charge in [-0.15, -0.1) is 11.3 Å². The van der Waals surface area contributed by atoms with Crippen molar-refractivity contribution in [3.8, 4) is 5.75 Å². The van der Waals surface area contributed by atoms with Gasteiger partial charge < -0.3 is 14.2 Å². The minimum atomic E-state index is -0.301. The number of amidine groups is 2. The van der Waals surface area contributed by atoms with Crippen molar-refractivity contribution in [2.75, 3.05) is 13.1 Å². The van der Waals surface area contributed by atoms with Crippen molar-refractivity contribution in [1.29, 1.82) is 0 Å². The molecule has 0 aliphatic carbocycles. The van der Waals surface area contributed by atoms with Gasteiger partial charge in [0, 0.05) is 23.9 Å². The number of rotatable bonds is 9. The Morgan fingerprint density at radius 1 is 1.35 bits per heavy atom. The summed E-state index contributed by atoms with van der Waals surface area (Å²) in [5, 5.41) is 13.2. The third kappa shape index (κ3) is 6.47. The van der Waals surface area contributed by atoms with Crippen LogP contribution in [-0.2, 0) is 0 Å². The van der Waals surface area contributed by atoms with Crippen LogP contribution in [-0.4, -0.2) is 39.5 Å². The van der Waals surface area contributed by atoms with E-state index in [1.165, 1.54) is 0 Å². The molecule has 0 radical (unpaired) electrons. The van der Waals surface area contributed by atoms with E-state index in [1.54, 1.807) is 17.6 Å². The number of furan rings is 1. The molecule has 0 aliphatic heterocycles. The quantitative estimate of drug-likeness (QED) is 0.144. The molecule has 0 aromatic carbocycles. The van der Waals surface area contributed by atoms with Gasteiger partial charge in [-0.05, 0) is 36.8 Å². The van der Waals surface area contributed by atoms with Crippen molar-refractivity contribution >= 4 is 57.5 Å². The number of nitrogens with two attached hydrogens (primary N) is 1. The maximum Gasteiger partial charge on any atom is 0.310 e. The van der Waals surface area contributed by atoms with E-state index in [2.05, 4.69) is 84.8 Å². The first kappa shape index (κ1) is 28.5. The van der Waals surface area contributed by atoms with Crippen LogP contribution in [0.1, 0.15) is 76.6 Å². The van der Waals surface area contributed by atoms with Gasteiger partial charge in [0.25, 0.3) is 0 Å². The highest BCUT2D eigenvalue weighted by Gasteiger charge is 2.25. The maximum absolute atomic E-state index is 11.1. The Labute approximate surface area is 216 Å². The molecule has 1 unspecified atom stereocenters. The average Bonchev–Trinajstić information content (AvgIpc) is 3.39. The Balaban J connectivity index is 2.48. The molecular weight excluding hydrogens is 486 g/mol. The van der Waals surface area contributed by atoms with E-state index in [0.717, 1.165) is 33.5 Å². The second kappa shape index (κ2) is 12.8. The van der Waals surface area contributed by atoms with Crippen LogP contribution in [0, 0.1) is 12.8 Å². The van der Waals surface area contributed by atoms with Gasteiger partial charge in [0.05, 0.1) is 6.26 Å². The van der Waals surface area contributed by atoms with Gasteiger partial charge in [0.2, 0.25) is 5.84 Å². The zero-order valence-electron chi connectivity index (χ0n) is 21.5. The topological polar surface area (TPSA) is 101 Å². The molecule has 0 spiro atoms. The molecule has 0 aliphatic rings. The lowest BCUT2D eigenvalue weighted by Gasteiger charge is -2.22. The predicted octanol–water partition coefficient (Wildman–Crippen LogP) is 4.48. The van der Waals surface area contributed by atoms with Crippen molar-refractivity contribution in [2.24, 2.45) is 16.6 Å². The van der Waals surface area contributed by atoms with Crippen molar-refractivity contribution in [1.82, 2.24) is 9.03 Å². The lowest BCUT2D eigenvalue weighted by Crippen LogP contribution is -2.80. The minimum absolute atomic E-state index is 0.143. The number of hydrogen-bond acceptors (Lipinski definition) is 6. The SMILES string of the molecule is C/C=S(\c1sc(C)c(N=C(NS)C(N)=[NH+][C@@H](c2cc(C(C)C)co2)C(C)C)c1O)N(CC)CC. The molecule has 7 nitrogen and oxygen atoms in total. The van der Waals surface area contributed by atoms with E-state index in [-0.39, 0.29) is 28.4 Å². The van der Waals surface area contributed by atoms with Crippen LogP contribution in [0.15, 0.2) is 25.9 Å². The molecule has 0 saturated heterocycles. The number of nitrogens with zero attached hydrogens (tertiary/aromatic N) is 2. The molecular formula is C24H40N5O2S3+. The molecule has 190 valence electrons. The lowest BCUT2D eigenvalue weighted by atomic mass is 10.00. The fourth-order valence-corrected chi connectivity index (χ4v) is 7.34. The van der Waals surface area contributed by atoms with E-state index in [1.807, 2.05) is 13.8 Å². The fourth-order valence-electron chi connectivity index (χ4n) is 3.54. The first-order valence-corrected chi connectivity index (χ1v) is 14.2. The van der Waals surface area contributed by atoms with Crippen LogP contribution < -0.4 is 15.4 Å². The van der Waals surface area contributed by atoms with Crippen molar-refractivity contribution in [3.63, 3.8) is 0 Å². The van der Waals surface area contributed by atoms with Gasteiger partial charge >= 0.3 is 5.84 Å². The zero-order chi connectivity index (χ0) is 25.6. The number of nitrogens with one attached hydrogen (secondary N) is 2. The molecule has 0 amide bonds. The second-order valence-corrected chi connectivity index (χ2v) is 12.3. The van der Waals surface area contributed by atoms with Gasteiger partial charge in [-0.2, -0.15) is 0 Å². The summed E-state index contributed by atoms with van der Waals surface area (Å²) in [6, 6.07) is 1.92. The highest BCUT2D eigenvalue weighted by molar-refractivity contribution is 8.14. The third-order valence-electron chi connectivity index (χ3n) is 5.57. The fraction of sp³-hybridized carbons (Fsp3) is 0.542. The van der Waals surface area contributed by atoms with Crippen LogP contribution in [0.25, 0.3) is 0 Å². The summed E-state index contributed by atoms with van der Waals surface area (Å²) >= 11 is 5.80. The smallest absolute Gasteiger partial charge is 0.310 e. The first-order chi connectivity index (χ1) is 16.1. The van der Waals surface area contributed by atoms with Gasteiger partial charge in [0.1, 0.15) is 15.7 Å². The molecule has 2 atom stereocenters. The molecule has 10 heteroatoms. The monoisotopic (exact) mass is 526 g/mol. The van der Waals surface area contributed by atoms with Crippen LogP contribution in [0.4, 0.5) is 5.69 Å². The minimum Gasteiger partial charge on any atom is -0.504 e. The Morgan fingerprint density at radius 3 is 2.47 bits per heavy atom. The molecule has 2 aromatic heterocycles. The van der Waals surface area contributed by atoms with E-state index >= 15 is 0 Å². The molecule has 2 aromatic rings. The molecule has 2 rings (SSSR count). The van der Waals surface area contributed by atoms with Gasteiger partial charge in [0.15, 0.2) is 11.8 Å². The molecule has 0 bridgehead atoms. The lowest BCUT2D eigenvalue weighted by molar-refractivity contribution is -0.522. The summed E-state index contributed by atoms with van der Waals surface area (Å²) in [5.41, 5.74) is 8.09. The van der Waals surface area contributed by atoms with E-state index in [9.17, 15) is 5.11 Å². The normalized spacial score (nSPS) is 15.1. The number of aliphatic imine (C=N–C) groups is 1. The van der Waals surface area contributed by atoms with Gasteiger partial charge in [-0.1, -0.05) is 65.0 Å². The van der Waals surface area contributed by atoms with Crippen LogP contribution in [0.3, 0.4) is 0 Å². The number of aromatic hydroxyl groups is 1. The summed E-state index contributed by atoms with van der Waals surface area (Å²) < 4.78 is 11.9. The van der Waals surface area contributed by atoms with Crippen LogP contribution >= 0.6 is 34.8 Å². The molecule has 2 heterocycles.